The van der Waals surface area contributed by atoms with Gasteiger partial charge in [-0.3, -0.25) is 14.1 Å². The smallest absolute Gasteiger partial charge is 0.468 e. The number of hydrogen-bond acceptors (Lipinski definition) is 7. The van der Waals surface area contributed by atoms with Gasteiger partial charge in [0.05, 0.1) is 13.2 Å². The number of carbonyl (C=O) groups excluding carboxylic acids is 2. The molecule has 9 nitrogen and oxygen atoms in total. The van der Waals surface area contributed by atoms with Gasteiger partial charge in [0.15, 0.2) is 0 Å². The molecular weight excluding hydrogens is 497 g/mol. The molecule has 0 aliphatic heterocycles. The third-order valence-corrected chi connectivity index (χ3v) is 6.75. The third-order valence-electron chi connectivity index (χ3n) is 6.27. The molecule has 0 radical (unpaired) electrons. The Bertz CT molecular complexity index is 573. The first-order valence-corrected chi connectivity index (χ1v) is 16.1. The van der Waals surface area contributed by atoms with E-state index in [2.05, 4.69) is 21.5 Å². The molecule has 0 saturated heterocycles. The zero-order valence-electron chi connectivity index (χ0n) is 23.2. The SMILES string of the molecule is CCCCCCCCCCCCC(=O)O[C@@H](CNCCCCCCCCCCOC=O)COP(=O)(O)O. The van der Waals surface area contributed by atoms with E-state index < -0.39 is 13.9 Å². The second-order valence-electron chi connectivity index (χ2n) is 9.83. The predicted octanol–water partition coefficient (Wildman–Crippen LogP) is 6.20. The van der Waals surface area contributed by atoms with Crippen molar-refractivity contribution >= 4 is 20.3 Å². The van der Waals surface area contributed by atoms with Crippen molar-refractivity contribution < 1.29 is 37.9 Å². The topological polar surface area (TPSA) is 131 Å². The van der Waals surface area contributed by atoms with E-state index >= 15 is 0 Å². The lowest BCUT2D eigenvalue weighted by Gasteiger charge is -2.19. The van der Waals surface area contributed by atoms with Crippen LogP contribution in [0.15, 0.2) is 0 Å². The van der Waals surface area contributed by atoms with Gasteiger partial charge in [-0.15, -0.1) is 0 Å². The summed E-state index contributed by atoms with van der Waals surface area (Å²) in [4.78, 5) is 40.3. The van der Waals surface area contributed by atoms with Gasteiger partial charge in [0.2, 0.25) is 0 Å². The van der Waals surface area contributed by atoms with Crippen LogP contribution in [0.25, 0.3) is 0 Å². The summed E-state index contributed by atoms with van der Waals surface area (Å²) in [6.45, 7) is 3.92. The molecule has 0 amide bonds. The molecule has 0 rings (SSSR count). The molecule has 10 heteroatoms. The van der Waals surface area contributed by atoms with Crippen LogP contribution in [0.4, 0.5) is 0 Å². The molecule has 3 N–H and O–H groups in total. The number of phosphoric ester groups is 1. The van der Waals surface area contributed by atoms with Gasteiger partial charge in [-0.25, -0.2) is 4.57 Å². The van der Waals surface area contributed by atoms with Crippen molar-refractivity contribution in [1.29, 1.82) is 0 Å². The maximum absolute atomic E-state index is 12.2. The monoisotopic (exact) mass is 551 g/mol. The Hall–Kier alpha value is -0.990. The van der Waals surface area contributed by atoms with Crippen LogP contribution in [0, 0.1) is 0 Å². The van der Waals surface area contributed by atoms with Gasteiger partial charge in [-0.1, -0.05) is 103 Å². The Morgan fingerprint density at radius 1 is 0.811 bits per heavy atom. The van der Waals surface area contributed by atoms with Crippen molar-refractivity contribution in [2.24, 2.45) is 0 Å². The average Bonchev–Trinajstić information content (AvgIpc) is 2.85. The van der Waals surface area contributed by atoms with Crippen LogP contribution >= 0.6 is 7.82 Å². The maximum Gasteiger partial charge on any atom is 0.469 e. The number of unbranched alkanes of at least 4 members (excludes halogenated alkanes) is 16. The van der Waals surface area contributed by atoms with Gasteiger partial charge in [0.25, 0.3) is 6.47 Å². The molecule has 0 spiro atoms. The number of ether oxygens (including phenoxy) is 2. The third kappa shape index (κ3) is 29.4. The number of carbonyl (C=O) groups is 2. The zero-order chi connectivity index (χ0) is 27.5. The van der Waals surface area contributed by atoms with Crippen molar-refractivity contribution in [2.75, 3.05) is 26.3 Å². The molecule has 0 unspecified atom stereocenters. The van der Waals surface area contributed by atoms with Crippen LogP contribution in [0.5, 0.6) is 0 Å². The summed E-state index contributed by atoms with van der Waals surface area (Å²) in [5, 5.41) is 3.21. The summed E-state index contributed by atoms with van der Waals surface area (Å²) in [5.41, 5.74) is 0. The fraction of sp³-hybridized carbons (Fsp3) is 0.926. The molecule has 220 valence electrons. The molecular formula is C27H54NO8P. The van der Waals surface area contributed by atoms with E-state index in [1.807, 2.05) is 0 Å². The lowest BCUT2D eigenvalue weighted by molar-refractivity contribution is -0.150. The van der Waals surface area contributed by atoms with Crippen molar-refractivity contribution in [1.82, 2.24) is 5.32 Å². The van der Waals surface area contributed by atoms with E-state index in [-0.39, 0.29) is 12.6 Å². The van der Waals surface area contributed by atoms with Crippen LogP contribution in [0.3, 0.4) is 0 Å². The number of rotatable bonds is 29. The molecule has 0 aromatic heterocycles. The van der Waals surface area contributed by atoms with Crippen molar-refractivity contribution in [2.45, 2.75) is 135 Å². The predicted molar refractivity (Wildman–Crippen MR) is 146 cm³/mol. The van der Waals surface area contributed by atoms with Crippen LogP contribution < -0.4 is 5.32 Å². The first kappa shape index (κ1) is 36.0. The van der Waals surface area contributed by atoms with E-state index in [1.54, 1.807) is 0 Å². The molecule has 1 atom stereocenters. The summed E-state index contributed by atoms with van der Waals surface area (Å²) in [7, 11) is -4.62. The van der Waals surface area contributed by atoms with Gasteiger partial charge >= 0.3 is 13.8 Å². The fourth-order valence-corrected chi connectivity index (χ4v) is 4.48. The van der Waals surface area contributed by atoms with E-state index in [0.29, 0.717) is 26.0 Å². The highest BCUT2D eigenvalue weighted by Gasteiger charge is 2.21. The summed E-state index contributed by atoms with van der Waals surface area (Å²) in [5.74, 6) is -0.349. The second-order valence-corrected chi connectivity index (χ2v) is 11.1. The summed E-state index contributed by atoms with van der Waals surface area (Å²) in [6, 6.07) is 0. The molecule has 37 heavy (non-hydrogen) atoms. The van der Waals surface area contributed by atoms with Crippen LogP contribution in [-0.2, 0) is 28.2 Å². The van der Waals surface area contributed by atoms with Crippen LogP contribution in [0.1, 0.15) is 129 Å². The van der Waals surface area contributed by atoms with Crippen LogP contribution in [0.2, 0.25) is 0 Å². The minimum Gasteiger partial charge on any atom is -0.468 e. The summed E-state index contributed by atoms with van der Waals surface area (Å²) in [6.07, 6.45) is 20.1. The van der Waals surface area contributed by atoms with Gasteiger partial charge in [-0.05, 0) is 25.8 Å². The summed E-state index contributed by atoms with van der Waals surface area (Å²) < 4.78 is 25.8. The normalized spacial score (nSPS) is 12.4. The minimum absolute atomic E-state index is 0.298. The Kier molecular flexibility index (Phi) is 25.9. The first-order chi connectivity index (χ1) is 17.9. The Balaban J connectivity index is 3.89. The zero-order valence-corrected chi connectivity index (χ0v) is 24.1. The van der Waals surface area contributed by atoms with Crippen molar-refractivity contribution in [3.63, 3.8) is 0 Å². The molecule has 0 saturated carbocycles. The number of esters is 1. The Labute approximate surface area is 225 Å². The molecule has 0 heterocycles. The highest BCUT2D eigenvalue weighted by Crippen LogP contribution is 2.35. The molecule has 0 fully saturated rings. The number of hydrogen-bond donors (Lipinski definition) is 3. The molecule has 0 aliphatic rings. The van der Waals surface area contributed by atoms with E-state index in [1.165, 1.54) is 57.8 Å². The molecule has 0 aromatic rings. The standard InChI is InChI=1S/C27H54NO8P/c1-2-3-4-5-6-7-8-11-14-17-20-27(30)36-26(24-35-37(31,32)33)23-28-21-18-15-12-9-10-13-16-19-22-34-25-29/h25-26,28H,2-24H2,1H3,(H2,31,32,33)/t26-/m0/s1. The first-order valence-electron chi connectivity index (χ1n) is 14.5. The van der Waals surface area contributed by atoms with Gasteiger partial charge in [0.1, 0.15) is 6.10 Å². The van der Waals surface area contributed by atoms with E-state index in [9.17, 15) is 14.2 Å². The molecule has 0 aromatic carbocycles. The molecule has 0 bridgehead atoms. The lowest BCUT2D eigenvalue weighted by atomic mass is 10.1. The van der Waals surface area contributed by atoms with Gasteiger partial charge < -0.3 is 24.6 Å². The molecule has 0 aliphatic carbocycles. The number of phosphoric acid groups is 1. The Morgan fingerprint density at radius 3 is 1.86 bits per heavy atom. The van der Waals surface area contributed by atoms with Crippen molar-refractivity contribution in [3.05, 3.63) is 0 Å². The largest absolute Gasteiger partial charge is 0.469 e. The van der Waals surface area contributed by atoms with Gasteiger partial charge in [-0.2, -0.15) is 0 Å². The highest BCUT2D eigenvalue weighted by molar-refractivity contribution is 7.46. The maximum atomic E-state index is 12.2. The fourth-order valence-electron chi connectivity index (χ4n) is 4.12. The van der Waals surface area contributed by atoms with Crippen LogP contribution in [-0.4, -0.2) is 54.6 Å². The summed E-state index contributed by atoms with van der Waals surface area (Å²) >= 11 is 0. The van der Waals surface area contributed by atoms with E-state index in [0.717, 1.165) is 64.3 Å². The average molecular weight is 552 g/mol. The second kappa shape index (κ2) is 26.6. The van der Waals surface area contributed by atoms with E-state index in [4.69, 9.17) is 14.5 Å². The van der Waals surface area contributed by atoms with Crippen molar-refractivity contribution in [3.8, 4) is 0 Å². The minimum atomic E-state index is -4.62. The van der Waals surface area contributed by atoms with Gasteiger partial charge in [0, 0.05) is 13.0 Å². The highest BCUT2D eigenvalue weighted by atomic mass is 31.2. The Morgan fingerprint density at radius 2 is 1.32 bits per heavy atom. The quantitative estimate of drug-likeness (QED) is 0.0430. The lowest BCUT2D eigenvalue weighted by Crippen LogP contribution is -2.35. The number of nitrogens with one attached hydrogen (secondary N) is 1.